The van der Waals surface area contributed by atoms with Gasteiger partial charge < -0.3 is 4.90 Å². The van der Waals surface area contributed by atoms with Crippen LogP contribution in [0.25, 0.3) is 0 Å². The minimum Gasteiger partial charge on any atom is -0.349 e. The number of carbonyl (C=O) groups excluding carboxylic acids is 1. The van der Waals surface area contributed by atoms with Crippen molar-refractivity contribution in [2.75, 3.05) is 14.1 Å². The highest BCUT2D eigenvalue weighted by atomic mass is 35.5. The first kappa shape index (κ1) is 14.9. The van der Waals surface area contributed by atoms with Crippen molar-refractivity contribution in [3.8, 4) is 0 Å². The van der Waals surface area contributed by atoms with Crippen molar-refractivity contribution in [3.63, 3.8) is 0 Å². The van der Waals surface area contributed by atoms with Crippen molar-refractivity contribution in [2.24, 2.45) is 0 Å². The van der Waals surface area contributed by atoms with Gasteiger partial charge in [0.25, 0.3) is 0 Å². The average molecular weight is 253 g/mol. The minimum absolute atomic E-state index is 0.0926. The zero-order chi connectivity index (χ0) is 10.3. The molecule has 0 fully saturated rings. The summed E-state index contributed by atoms with van der Waals surface area (Å²) in [5.74, 6) is 0.0926. The molecular weight excluding hydrogens is 244 g/mol. The smallest absolute Gasteiger partial charge is 0.218 e. The van der Waals surface area contributed by atoms with Crippen LogP contribution in [0.4, 0.5) is 0 Å². The molecule has 0 aliphatic heterocycles. The fourth-order valence-corrected chi connectivity index (χ4v) is 0. The van der Waals surface area contributed by atoms with Crippen molar-refractivity contribution in [3.05, 3.63) is 8.98 Å². The van der Waals surface area contributed by atoms with Crippen molar-refractivity contribution in [1.29, 1.82) is 0 Å². The molecule has 0 aromatic heterocycles. The van der Waals surface area contributed by atoms with E-state index in [9.17, 15) is 4.79 Å². The zero-order valence-electron chi connectivity index (χ0n) is 6.87. The number of rotatable bonds is 0. The number of nitrogens with zero attached hydrogens (tertiary/aromatic N) is 1. The van der Waals surface area contributed by atoms with Gasteiger partial charge in [0, 0.05) is 21.0 Å². The molecule has 0 aliphatic rings. The number of hydrogen-bond donors (Lipinski definition) is 0. The lowest BCUT2D eigenvalue weighted by atomic mass is 10.7. The van der Waals surface area contributed by atoms with Crippen LogP contribution in [0.3, 0.4) is 0 Å². The van der Waals surface area contributed by atoms with Crippen molar-refractivity contribution < 1.29 is 4.79 Å². The van der Waals surface area contributed by atoms with E-state index < -0.39 is 0 Å². The Kier molecular flexibility index (Phi) is 9.90. The molecule has 6 heteroatoms. The summed E-state index contributed by atoms with van der Waals surface area (Å²) in [4.78, 5) is 11.6. The van der Waals surface area contributed by atoms with Crippen LogP contribution >= 0.6 is 46.4 Å². The van der Waals surface area contributed by atoms with Crippen LogP contribution in [0.5, 0.6) is 0 Å². The molecule has 0 N–H and O–H groups in total. The van der Waals surface area contributed by atoms with Crippen molar-refractivity contribution >= 4 is 52.3 Å². The lowest BCUT2D eigenvalue weighted by Crippen LogP contribution is -2.17. The second kappa shape index (κ2) is 7.99. The summed E-state index contributed by atoms with van der Waals surface area (Å²) in [6.45, 7) is 1.53. The largest absolute Gasteiger partial charge is 0.349 e. The normalized spacial score (nSPS) is 7.92. The number of hydrogen-bond acceptors (Lipinski definition) is 1. The Bertz CT molecular complexity index is 160. The first-order chi connectivity index (χ1) is 5.29. The van der Waals surface area contributed by atoms with Gasteiger partial charge in [-0.25, -0.2) is 0 Å². The molecule has 12 heavy (non-hydrogen) atoms. The molecule has 0 atom stereocenters. The second-order valence-corrected chi connectivity index (χ2v) is 3.83. The Morgan fingerprint density at radius 1 is 1.00 bits per heavy atom. The van der Waals surface area contributed by atoms with E-state index in [0.717, 1.165) is 0 Å². The molecule has 0 aromatic rings. The van der Waals surface area contributed by atoms with Gasteiger partial charge in [-0.15, -0.1) is 0 Å². The Morgan fingerprint density at radius 3 is 1.17 bits per heavy atom. The monoisotopic (exact) mass is 251 g/mol. The highest BCUT2D eigenvalue weighted by Gasteiger charge is 1.88. The maximum Gasteiger partial charge on any atom is 0.218 e. The zero-order valence-corrected chi connectivity index (χ0v) is 9.89. The molecule has 0 aromatic carbocycles. The number of halogens is 4. The summed E-state index contributed by atoms with van der Waals surface area (Å²) in [5, 5.41) is 0. The third kappa shape index (κ3) is 13.0. The summed E-state index contributed by atoms with van der Waals surface area (Å²) in [6, 6.07) is 0. The van der Waals surface area contributed by atoms with E-state index in [1.165, 1.54) is 11.8 Å². The molecule has 0 spiro atoms. The van der Waals surface area contributed by atoms with E-state index in [1.54, 1.807) is 14.1 Å². The molecule has 0 rings (SSSR count). The third-order valence-electron chi connectivity index (χ3n) is 0.773. The summed E-state index contributed by atoms with van der Waals surface area (Å²) in [6.07, 6.45) is 0. The maximum absolute atomic E-state index is 10.1. The predicted molar refractivity (Wildman–Crippen MR) is 54.8 cm³/mol. The van der Waals surface area contributed by atoms with E-state index in [-0.39, 0.29) is 14.9 Å². The van der Waals surface area contributed by atoms with Crippen LogP contribution in [0.15, 0.2) is 8.98 Å². The summed E-state index contributed by atoms with van der Waals surface area (Å²) in [7, 11) is 3.45. The molecule has 2 nitrogen and oxygen atoms in total. The molecule has 0 saturated heterocycles. The highest BCUT2D eigenvalue weighted by molar-refractivity contribution is 6.67. The lowest BCUT2D eigenvalue weighted by Gasteiger charge is -2.02. The van der Waals surface area contributed by atoms with Crippen LogP contribution in [-0.4, -0.2) is 24.9 Å². The first-order valence-corrected chi connectivity index (χ1v) is 4.34. The van der Waals surface area contributed by atoms with Gasteiger partial charge in [-0.1, -0.05) is 46.4 Å². The first-order valence-electron chi connectivity index (χ1n) is 2.83. The third-order valence-corrected chi connectivity index (χ3v) is 1.92. The average Bonchev–Trinajstić information content (AvgIpc) is 1.88. The van der Waals surface area contributed by atoms with Crippen LogP contribution < -0.4 is 0 Å². The van der Waals surface area contributed by atoms with Gasteiger partial charge >= 0.3 is 0 Å². The van der Waals surface area contributed by atoms with Gasteiger partial charge in [-0.2, -0.15) is 0 Å². The van der Waals surface area contributed by atoms with E-state index in [2.05, 4.69) is 0 Å². The van der Waals surface area contributed by atoms with E-state index >= 15 is 0 Å². The van der Waals surface area contributed by atoms with Crippen molar-refractivity contribution in [1.82, 2.24) is 4.90 Å². The van der Waals surface area contributed by atoms with E-state index in [0.29, 0.717) is 0 Å². The minimum atomic E-state index is -0.0988. The van der Waals surface area contributed by atoms with Gasteiger partial charge in [0.2, 0.25) is 5.91 Å². The standard InChI is InChI=1S/C4H9NO.C2Cl4/c1-4(6)5(2)3;3-1(4)2(5)6/h1-3H3;. The van der Waals surface area contributed by atoms with Crippen LogP contribution in [-0.2, 0) is 4.79 Å². The molecule has 1 amide bonds. The Labute approximate surface area is 92.0 Å². The fourth-order valence-electron chi connectivity index (χ4n) is 0. The van der Waals surface area contributed by atoms with Gasteiger partial charge in [0.15, 0.2) is 0 Å². The summed E-state index contributed by atoms with van der Waals surface area (Å²) >= 11 is 20.0. The highest BCUT2D eigenvalue weighted by Crippen LogP contribution is 2.20. The Balaban J connectivity index is 0. The van der Waals surface area contributed by atoms with Gasteiger partial charge in [-0.3, -0.25) is 4.79 Å². The van der Waals surface area contributed by atoms with Crippen LogP contribution in [0, 0.1) is 0 Å². The quantitative estimate of drug-likeness (QED) is 0.649. The summed E-state index contributed by atoms with van der Waals surface area (Å²) < 4.78 is -0.198. The molecule has 0 bridgehead atoms. The second-order valence-electron chi connectivity index (χ2n) is 1.93. The fraction of sp³-hybridized carbons (Fsp3) is 0.500. The molecule has 72 valence electrons. The van der Waals surface area contributed by atoms with Crippen molar-refractivity contribution in [2.45, 2.75) is 6.92 Å². The lowest BCUT2D eigenvalue weighted by molar-refractivity contribution is -0.126. The maximum atomic E-state index is 10.1. The Hall–Kier alpha value is 0.370. The number of carbonyl (C=O) groups is 1. The van der Waals surface area contributed by atoms with Crippen LogP contribution in [0.2, 0.25) is 0 Å². The molecule has 0 saturated carbocycles. The molecule has 0 heterocycles. The predicted octanol–water partition coefficient (Wildman–Crippen LogP) is 3.16. The van der Waals surface area contributed by atoms with E-state index in [4.69, 9.17) is 46.4 Å². The SMILES string of the molecule is CC(=O)N(C)C.ClC(Cl)=C(Cl)Cl. The van der Waals surface area contributed by atoms with Gasteiger partial charge in [0.1, 0.15) is 8.98 Å². The molecule has 0 radical (unpaired) electrons. The van der Waals surface area contributed by atoms with Gasteiger partial charge in [0.05, 0.1) is 0 Å². The topological polar surface area (TPSA) is 20.3 Å². The molecule has 0 unspecified atom stereocenters. The van der Waals surface area contributed by atoms with Crippen LogP contribution in [0.1, 0.15) is 6.92 Å². The number of amides is 1. The molecular formula is C6H9Cl4NO. The summed E-state index contributed by atoms with van der Waals surface area (Å²) in [5.41, 5.74) is 0. The van der Waals surface area contributed by atoms with E-state index in [1.807, 2.05) is 0 Å². The van der Waals surface area contributed by atoms with Gasteiger partial charge in [-0.05, 0) is 0 Å². The molecule has 0 aliphatic carbocycles. The Morgan fingerprint density at radius 2 is 1.17 bits per heavy atom.